The normalized spacial score (nSPS) is 14.5. The molecule has 8 nitrogen and oxygen atoms in total. The molecule has 1 aliphatic heterocycles. The van der Waals surface area contributed by atoms with E-state index >= 15 is 0 Å². The molecule has 0 radical (unpaired) electrons. The number of nitrogens with zero attached hydrogens (tertiary/aromatic N) is 6. The van der Waals surface area contributed by atoms with Crippen LogP contribution in [0.1, 0.15) is 25.3 Å². The first-order valence-corrected chi connectivity index (χ1v) is 10.3. The Kier molecular flexibility index (Phi) is 5.63. The van der Waals surface area contributed by atoms with Gasteiger partial charge in [-0.25, -0.2) is 4.98 Å². The van der Waals surface area contributed by atoms with Gasteiger partial charge in [0.25, 0.3) is 0 Å². The van der Waals surface area contributed by atoms with Gasteiger partial charge in [0, 0.05) is 50.0 Å². The van der Waals surface area contributed by atoms with Crippen LogP contribution in [0.3, 0.4) is 0 Å². The first-order valence-electron chi connectivity index (χ1n) is 10.3. The quantitative estimate of drug-likeness (QED) is 0.675. The van der Waals surface area contributed by atoms with Gasteiger partial charge in [-0.3, -0.25) is 4.68 Å². The second kappa shape index (κ2) is 8.51. The van der Waals surface area contributed by atoms with Crippen molar-refractivity contribution >= 4 is 11.8 Å². The van der Waals surface area contributed by atoms with E-state index in [1.807, 2.05) is 48.4 Å². The number of nitrogens with one attached hydrogen (secondary N) is 1. The molecule has 3 aromatic rings. The van der Waals surface area contributed by atoms with Crippen molar-refractivity contribution in [3.63, 3.8) is 0 Å². The highest BCUT2D eigenvalue weighted by Crippen LogP contribution is 2.37. The highest BCUT2D eigenvalue weighted by Gasteiger charge is 2.23. The molecule has 2 aromatic heterocycles. The number of anilines is 2. The van der Waals surface area contributed by atoms with Gasteiger partial charge in [-0.05, 0) is 31.9 Å². The molecule has 0 bridgehead atoms. The predicted molar refractivity (Wildman–Crippen MR) is 118 cm³/mol. The van der Waals surface area contributed by atoms with Crippen LogP contribution >= 0.6 is 0 Å². The number of nitriles is 1. The van der Waals surface area contributed by atoms with Crippen LogP contribution in [0.5, 0.6) is 0 Å². The molecule has 154 valence electrons. The second-order valence-electron chi connectivity index (χ2n) is 7.44. The standard InChI is InChI=1S/C22H26N8/c1-3-30-14-17(13-26-30)19-20(16-6-4-15(12-23)5-7-16)27-22(28-21(19)25-2)29-10-8-18(24)9-11-29/h4-7,13-14,18H,3,8-11,24H2,1-2H3,(H,25,27,28). The lowest BCUT2D eigenvalue weighted by molar-refractivity contribution is 0.496. The third-order valence-electron chi connectivity index (χ3n) is 5.49. The molecular weight excluding hydrogens is 376 g/mol. The summed E-state index contributed by atoms with van der Waals surface area (Å²) in [6.07, 6.45) is 5.70. The Morgan fingerprint density at radius 3 is 2.50 bits per heavy atom. The summed E-state index contributed by atoms with van der Waals surface area (Å²) in [6.45, 7) is 4.51. The second-order valence-corrected chi connectivity index (χ2v) is 7.44. The van der Waals surface area contributed by atoms with Crippen molar-refractivity contribution in [2.75, 3.05) is 30.4 Å². The molecule has 0 aliphatic carbocycles. The Bertz CT molecular complexity index is 1060. The fraction of sp³-hybridized carbons (Fsp3) is 0.364. The third kappa shape index (κ3) is 3.84. The van der Waals surface area contributed by atoms with E-state index in [2.05, 4.69) is 28.3 Å². The minimum Gasteiger partial charge on any atom is -0.372 e. The lowest BCUT2D eigenvalue weighted by atomic mass is 10.0. The molecule has 0 saturated carbocycles. The molecule has 1 saturated heterocycles. The Balaban J connectivity index is 1.87. The van der Waals surface area contributed by atoms with Crippen LogP contribution in [0.15, 0.2) is 36.7 Å². The van der Waals surface area contributed by atoms with Crippen molar-refractivity contribution < 1.29 is 0 Å². The molecule has 0 amide bonds. The molecular formula is C22H26N8. The van der Waals surface area contributed by atoms with Crippen LogP contribution < -0.4 is 16.0 Å². The summed E-state index contributed by atoms with van der Waals surface area (Å²) in [5, 5.41) is 16.9. The van der Waals surface area contributed by atoms with Crippen LogP contribution in [-0.4, -0.2) is 45.9 Å². The summed E-state index contributed by atoms with van der Waals surface area (Å²) in [6, 6.07) is 9.91. The average molecular weight is 403 g/mol. The fourth-order valence-corrected chi connectivity index (χ4v) is 3.72. The molecule has 3 N–H and O–H groups in total. The van der Waals surface area contributed by atoms with Gasteiger partial charge in [-0.15, -0.1) is 0 Å². The first-order chi connectivity index (χ1) is 14.6. The van der Waals surface area contributed by atoms with Gasteiger partial charge in [0.15, 0.2) is 0 Å². The van der Waals surface area contributed by atoms with E-state index in [4.69, 9.17) is 21.0 Å². The molecule has 0 atom stereocenters. The van der Waals surface area contributed by atoms with Gasteiger partial charge < -0.3 is 16.0 Å². The molecule has 1 aliphatic rings. The summed E-state index contributed by atoms with van der Waals surface area (Å²) in [7, 11) is 1.87. The zero-order valence-electron chi connectivity index (χ0n) is 17.3. The van der Waals surface area contributed by atoms with Crippen LogP contribution in [-0.2, 0) is 6.54 Å². The number of aryl methyl sites for hydroxylation is 1. The summed E-state index contributed by atoms with van der Waals surface area (Å²) in [5.74, 6) is 1.45. The maximum Gasteiger partial charge on any atom is 0.227 e. The highest BCUT2D eigenvalue weighted by atomic mass is 15.3. The summed E-state index contributed by atoms with van der Waals surface area (Å²) in [4.78, 5) is 12.0. The topological polar surface area (TPSA) is 109 Å². The van der Waals surface area contributed by atoms with Gasteiger partial charge in [0.05, 0.1) is 29.1 Å². The maximum absolute atomic E-state index is 9.17. The lowest BCUT2D eigenvalue weighted by Crippen LogP contribution is -2.40. The van der Waals surface area contributed by atoms with Crippen LogP contribution in [0.4, 0.5) is 11.8 Å². The van der Waals surface area contributed by atoms with Crippen LogP contribution in [0.2, 0.25) is 0 Å². The van der Waals surface area contributed by atoms with Gasteiger partial charge >= 0.3 is 0 Å². The minimum absolute atomic E-state index is 0.238. The van der Waals surface area contributed by atoms with E-state index in [0.717, 1.165) is 60.7 Å². The van der Waals surface area contributed by atoms with Gasteiger partial charge in [-0.2, -0.15) is 15.3 Å². The number of benzene rings is 1. The van der Waals surface area contributed by atoms with Crippen molar-refractivity contribution in [3.8, 4) is 28.5 Å². The van der Waals surface area contributed by atoms with Gasteiger partial charge in [0.2, 0.25) is 5.95 Å². The Morgan fingerprint density at radius 2 is 1.90 bits per heavy atom. The smallest absolute Gasteiger partial charge is 0.227 e. The zero-order chi connectivity index (χ0) is 21.1. The van der Waals surface area contributed by atoms with Crippen molar-refractivity contribution in [3.05, 3.63) is 42.2 Å². The zero-order valence-corrected chi connectivity index (χ0v) is 17.3. The summed E-state index contributed by atoms with van der Waals surface area (Å²) < 4.78 is 1.89. The number of rotatable bonds is 5. The summed E-state index contributed by atoms with van der Waals surface area (Å²) in [5.41, 5.74) is 10.3. The lowest BCUT2D eigenvalue weighted by Gasteiger charge is -2.31. The molecule has 0 spiro atoms. The number of nitrogens with two attached hydrogens (primary N) is 1. The first kappa shape index (κ1) is 19.9. The van der Waals surface area contributed by atoms with E-state index in [-0.39, 0.29) is 6.04 Å². The van der Waals surface area contributed by atoms with E-state index in [1.165, 1.54) is 0 Å². The Morgan fingerprint density at radius 1 is 1.17 bits per heavy atom. The number of piperidine rings is 1. The van der Waals surface area contributed by atoms with E-state index in [1.54, 1.807) is 0 Å². The third-order valence-corrected chi connectivity index (χ3v) is 5.49. The minimum atomic E-state index is 0.238. The molecule has 8 heteroatoms. The van der Waals surface area contributed by atoms with E-state index < -0.39 is 0 Å². The van der Waals surface area contributed by atoms with Gasteiger partial charge in [0.1, 0.15) is 5.82 Å². The van der Waals surface area contributed by atoms with E-state index in [9.17, 15) is 0 Å². The molecule has 1 fully saturated rings. The highest BCUT2D eigenvalue weighted by molar-refractivity contribution is 5.88. The average Bonchev–Trinajstić information content (AvgIpc) is 3.27. The maximum atomic E-state index is 9.17. The van der Waals surface area contributed by atoms with Crippen molar-refractivity contribution in [2.24, 2.45) is 5.73 Å². The molecule has 3 heterocycles. The van der Waals surface area contributed by atoms with Gasteiger partial charge in [-0.1, -0.05) is 12.1 Å². The fourth-order valence-electron chi connectivity index (χ4n) is 3.72. The number of hydrogen-bond acceptors (Lipinski definition) is 7. The monoisotopic (exact) mass is 402 g/mol. The van der Waals surface area contributed by atoms with Crippen LogP contribution in [0, 0.1) is 11.3 Å². The Labute approximate surface area is 176 Å². The van der Waals surface area contributed by atoms with Crippen LogP contribution in [0.25, 0.3) is 22.4 Å². The van der Waals surface area contributed by atoms with E-state index in [0.29, 0.717) is 11.5 Å². The SMILES string of the molecule is CCn1cc(-c2c(NC)nc(N3CCC(N)CC3)nc2-c2ccc(C#N)cc2)cn1. The van der Waals surface area contributed by atoms with Crippen molar-refractivity contribution in [2.45, 2.75) is 32.4 Å². The molecule has 0 unspecified atom stereocenters. The van der Waals surface area contributed by atoms with Crippen molar-refractivity contribution in [1.29, 1.82) is 5.26 Å². The molecule has 4 rings (SSSR count). The molecule has 1 aromatic carbocycles. The number of hydrogen-bond donors (Lipinski definition) is 2. The number of aromatic nitrogens is 4. The Hall–Kier alpha value is -3.44. The largest absolute Gasteiger partial charge is 0.372 e. The predicted octanol–water partition coefficient (Wildman–Crippen LogP) is 2.87. The van der Waals surface area contributed by atoms with Crippen molar-refractivity contribution in [1.82, 2.24) is 19.7 Å². The molecule has 30 heavy (non-hydrogen) atoms. The summed E-state index contributed by atoms with van der Waals surface area (Å²) >= 11 is 0.